The molecule has 7 heteroatoms. The first-order valence-corrected chi connectivity index (χ1v) is 7.18. The first-order valence-electron chi connectivity index (χ1n) is 7.18. The minimum Gasteiger partial charge on any atom is -0.497 e. The molecule has 0 saturated heterocycles. The van der Waals surface area contributed by atoms with E-state index in [9.17, 15) is 9.59 Å². The molecule has 0 aliphatic rings. The molecule has 1 aromatic carbocycles. The van der Waals surface area contributed by atoms with Crippen LogP contribution in [-0.4, -0.2) is 36.5 Å². The summed E-state index contributed by atoms with van der Waals surface area (Å²) < 4.78 is 11.7. The first-order chi connectivity index (χ1) is 11.2. The van der Waals surface area contributed by atoms with Crippen LogP contribution in [0.5, 0.6) is 11.5 Å². The van der Waals surface area contributed by atoms with Crippen LogP contribution in [0.15, 0.2) is 41.3 Å². The van der Waals surface area contributed by atoms with Crippen molar-refractivity contribution in [1.82, 2.24) is 15.1 Å². The predicted octanol–water partition coefficient (Wildman–Crippen LogP) is 1.08. The van der Waals surface area contributed by atoms with Crippen LogP contribution in [0.3, 0.4) is 0 Å². The van der Waals surface area contributed by atoms with Crippen molar-refractivity contribution >= 4 is 5.91 Å². The SMILES string of the molecule is COc1ccc(OC)c(C(=O)NCCCn2ncccc2=O)c1. The van der Waals surface area contributed by atoms with Crippen molar-refractivity contribution in [3.05, 3.63) is 52.4 Å². The maximum atomic E-state index is 12.2. The Hall–Kier alpha value is -2.83. The monoisotopic (exact) mass is 317 g/mol. The zero-order valence-corrected chi connectivity index (χ0v) is 13.1. The Kier molecular flexibility index (Phi) is 5.74. The molecule has 122 valence electrons. The average Bonchev–Trinajstić information content (AvgIpc) is 2.59. The van der Waals surface area contributed by atoms with Gasteiger partial charge in [-0.2, -0.15) is 5.10 Å². The van der Waals surface area contributed by atoms with Gasteiger partial charge in [-0.25, -0.2) is 4.68 Å². The number of hydrogen-bond donors (Lipinski definition) is 1. The molecule has 0 saturated carbocycles. The maximum Gasteiger partial charge on any atom is 0.266 e. The number of methoxy groups -OCH3 is 2. The van der Waals surface area contributed by atoms with Gasteiger partial charge >= 0.3 is 0 Å². The van der Waals surface area contributed by atoms with E-state index in [1.807, 2.05) is 0 Å². The Balaban J connectivity index is 1.92. The van der Waals surface area contributed by atoms with Gasteiger partial charge in [-0.3, -0.25) is 9.59 Å². The molecule has 0 spiro atoms. The molecule has 2 rings (SSSR count). The number of ether oxygens (including phenoxy) is 2. The van der Waals surface area contributed by atoms with Crippen LogP contribution in [0.4, 0.5) is 0 Å². The van der Waals surface area contributed by atoms with Gasteiger partial charge in [-0.1, -0.05) is 0 Å². The molecule has 2 aromatic rings. The second-order valence-corrected chi connectivity index (χ2v) is 4.76. The van der Waals surface area contributed by atoms with Gasteiger partial charge in [-0.15, -0.1) is 0 Å². The van der Waals surface area contributed by atoms with Crippen molar-refractivity contribution in [2.75, 3.05) is 20.8 Å². The molecule has 0 aliphatic heterocycles. The van der Waals surface area contributed by atoms with E-state index in [4.69, 9.17) is 9.47 Å². The number of nitrogens with zero attached hydrogens (tertiary/aromatic N) is 2. The Morgan fingerprint density at radius 2 is 2.09 bits per heavy atom. The van der Waals surface area contributed by atoms with E-state index < -0.39 is 0 Å². The number of carbonyl (C=O) groups excluding carboxylic acids is 1. The summed E-state index contributed by atoms with van der Waals surface area (Å²) in [5, 5.41) is 6.76. The van der Waals surface area contributed by atoms with Gasteiger partial charge in [0.05, 0.1) is 19.8 Å². The topological polar surface area (TPSA) is 82.4 Å². The third-order valence-corrected chi connectivity index (χ3v) is 3.27. The van der Waals surface area contributed by atoms with Gasteiger partial charge in [0, 0.05) is 25.4 Å². The summed E-state index contributed by atoms with van der Waals surface area (Å²) in [5.41, 5.74) is 0.246. The van der Waals surface area contributed by atoms with Crippen LogP contribution in [0.1, 0.15) is 16.8 Å². The molecular formula is C16H19N3O4. The van der Waals surface area contributed by atoms with Gasteiger partial charge in [0.2, 0.25) is 0 Å². The Labute approximate surface area is 133 Å². The van der Waals surface area contributed by atoms with Gasteiger partial charge in [0.1, 0.15) is 11.5 Å². The lowest BCUT2D eigenvalue weighted by Gasteiger charge is -2.11. The first kappa shape index (κ1) is 16.5. The molecular weight excluding hydrogens is 298 g/mol. The number of rotatable bonds is 7. The fourth-order valence-corrected chi connectivity index (χ4v) is 2.07. The summed E-state index contributed by atoms with van der Waals surface area (Å²) in [5.74, 6) is 0.800. The lowest BCUT2D eigenvalue weighted by molar-refractivity contribution is 0.0949. The van der Waals surface area contributed by atoms with Crippen molar-refractivity contribution in [1.29, 1.82) is 0 Å². The standard InChI is InChI=1S/C16H19N3O4/c1-22-12-6-7-14(23-2)13(11-12)16(21)17-8-4-10-19-15(20)5-3-9-18-19/h3,5-7,9,11H,4,8,10H2,1-2H3,(H,17,21). The van der Waals surface area contributed by atoms with Crippen LogP contribution in [-0.2, 0) is 6.54 Å². The lowest BCUT2D eigenvalue weighted by Crippen LogP contribution is -2.28. The third-order valence-electron chi connectivity index (χ3n) is 3.27. The van der Waals surface area contributed by atoms with Crippen LogP contribution in [0, 0.1) is 0 Å². The van der Waals surface area contributed by atoms with Crippen molar-refractivity contribution in [2.45, 2.75) is 13.0 Å². The molecule has 1 N–H and O–H groups in total. The average molecular weight is 317 g/mol. The Bertz CT molecular complexity index is 727. The van der Waals surface area contributed by atoms with Gasteiger partial charge in [0.15, 0.2) is 0 Å². The highest BCUT2D eigenvalue weighted by Gasteiger charge is 2.13. The van der Waals surface area contributed by atoms with Crippen LogP contribution in [0.2, 0.25) is 0 Å². The summed E-state index contributed by atoms with van der Waals surface area (Å²) in [6, 6.07) is 8.07. The minimum atomic E-state index is -0.255. The van der Waals surface area contributed by atoms with Gasteiger partial charge < -0.3 is 14.8 Å². The van der Waals surface area contributed by atoms with Crippen LogP contribution < -0.4 is 20.3 Å². The summed E-state index contributed by atoms with van der Waals surface area (Å²) >= 11 is 0. The zero-order valence-electron chi connectivity index (χ0n) is 13.1. The number of amides is 1. The molecule has 0 aliphatic carbocycles. The molecule has 1 aromatic heterocycles. The summed E-state index contributed by atoms with van der Waals surface area (Å²) in [4.78, 5) is 23.7. The Morgan fingerprint density at radius 3 is 2.78 bits per heavy atom. The van der Waals surface area contributed by atoms with Gasteiger partial charge in [0.25, 0.3) is 11.5 Å². The highest BCUT2D eigenvalue weighted by molar-refractivity contribution is 5.97. The predicted molar refractivity (Wildman–Crippen MR) is 85.0 cm³/mol. The van der Waals surface area contributed by atoms with E-state index in [1.54, 1.807) is 30.5 Å². The van der Waals surface area contributed by atoms with E-state index in [0.717, 1.165) is 0 Å². The van der Waals surface area contributed by atoms with E-state index >= 15 is 0 Å². The molecule has 0 radical (unpaired) electrons. The molecule has 1 heterocycles. The number of nitrogens with one attached hydrogen (secondary N) is 1. The van der Waals surface area contributed by atoms with Gasteiger partial charge in [-0.05, 0) is 30.7 Å². The molecule has 1 amide bonds. The zero-order chi connectivity index (χ0) is 16.7. The second-order valence-electron chi connectivity index (χ2n) is 4.76. The highest BCUT2D eigenvalue weighted by atomic mass is 16.5. The number of aromatic nitrogens is 2. The van der Waals surface area contributed by atoms with Crippen molar-refractivity contribution in [3.63, 3.8) is 0 Å². The largest absolute Gasteiger partial charge is 0.497 e. The van der Waals surface area contributed by atoms with E-state index in [1.165, 1.54) is 25.0 Å². The number of hydrogen-bond acceptors (Lipinski definition) is 5. The summed E-state index contributed by atoms with van der Waals surface area (Å²) in [6.07, 6.45) is 2.15. The van der Waals surface area contributed by atoms with Crippen LogP contribution >= 0.6 is 0 Å². The number of benzene rings is 1. The van der Waals surface area contributed by atoms with Crippen molar-refractivity contribution in [3.8, 4) is 11.5 Å². The maximum absolute atomic E-state index is 12.2. The Morgan fingerprint density at radius 1 is 1.26 bits per heavy atom. The highest BCUT2D eigenvalue weighted by Crippen LogP contribution is 2.23. The second kappa shape index (κ2) is 7.98. The normalized spacial score (nSPS) is 10.2. The minimum absolute atomic E-state index is 0.159. The van der Waals surface area contributed by atoms with E-state index in [2.05, 4.69) is 10.4 Å². The molecule has 0 unspecified atom stereocenters. The molecule has 23 heavy (non-hydrogen) atoms. The summed E-state index contributed by atoms with van der Waals surface area (Å²) in [7, 11) is 3.04. The summed E-state index contributed by atoms with van der Waals surface area (Å²) in [6.45, 7) is 0.859. The quantitative estimate of drug-likeness (QED) is 0.773. The fourth-order valence-electron chi connectivity index (χ4n) is 2.07. The van der Waals surface area contributed by atoms with Crippen LogP contribution in [0.25, 0.3) is 0 Å². The molecule has 0 atom stereocenters. The smallest absolute Gasteiger partial charge is 0.266 e. The number of aryl methyl sites for hydroxylation is 1. The van der Waals surface area contributed by atoms with E-state index in [-0.39, 0.29) is 11.5 Å². The molecule has 7 nitrogen and oxygen atoms in total. The third kappa shape index (κ3) is 4.32. The molecule has 0 fully saturated rings. The van der Waals surface area contributed by atoms with E-state index in [0.29, 0.717) is 36.6 Å². The number of carbonyl (C=O) groups is 1. The lowest BCUT2D eigenvalue weighted by atomic mass is 10.1. The fraction of sp³-hybridized carbons (Fsp3) is 0.312. The van der Waals surface area contributed by atoms with Crippen molar-refractivity contribution < 1.29 is 14.3 Å². The molecule has 0 bridgehead atoms. The van der Waals surface area contributed by atoms with Crippen molar-refractivity contribution in [2.24, 2.45) is 0 Å².